The van der Waals surface area contributed by atoms with Gasteiger partial charge in [0.15, 0.2) is 0 Å². The molecule has 1 fully saturated rings. The molecule has 2 nitrogen and oxygen atoms in total. The summed E-state index contributed by atoms with van der Waals surface area (Å²) in [6.45, 7) is 0.231. The SMILES string of the molecule is CNC1CCC(OCCCC(F)(F)F)CC1. The molecular formula is C11H20F3NO. The van der Waals surface area contributed by atoms with E-state index in [1.807, 2.05) is 7.05 Å². The van der Waals surface area contributed by atoms with Crippen molar-refractivity contribution in [3.63, 3.8) is 0 Å². The maximum Gasteiger partial charge on any atom is 0.389 e. The summed E-state index contributed by atoms with van der Waals surface area (Å²) in [5.74, 6) is 0. The molecule has 1 rings (SSSR count). The van der Waals surface area contributed by atoms with Gasteiger partial charge in [0, 0.05) is 19.1 Å². The topological polar surface area (TPSA) is 21.3 Å². The summed E-state index contributed by atoms with van der Waals surface area (Å²) in [5, 5.41) is 3.21. The second-order valence-electron chi connectivity index (χ2n) is 4.35. The van der Waals surface area contributed by atoms with Crippen LogP contribution in [0.1, 0.15) is 38.5 Å². The minimum absolute atomic E-state index is 0.0788. The maximum absolute atomic E-state index is 11.9. The van der Waals surface area contributed by atoms with Crippen LogP contribution in [0.4, 0.5) is 13.2 Å². The first-order valence-electron chi connectivity index (χ1n) is 5.87. The predicted octanol–water partition coefficient (Wildman–Crippen LogP) is 2.88. The normalized spacial score (nSPS) is 27.0. The van der Waals surface area contributed by atoms with E-state index in [0.29, 0.717) is 6.04 Å². The Labute approximate surface area is 94.5 Å². The fourth-order valence-corrected chi connectivity index (χ4v) is 2.04. The average molecular weight is 239 g/mol. The molecule has 0 aromatic heterocycles. The third kappa shape index (κ3) is 5.70. The minimum atomic E-state index is -4.05. The van der Waals surface area contributed by atoms with Crippen molar-refractivity contribution in [2.45, 2.75) is 56.8 Å². The smallest absolute Gasteiger partial charge is 0.378 e. The average Bonchev–Trinajstić information content (AvgIpc) is 2.24. The van der Waals surface area contributed by atoms with Crippen molar-refractivity contribution in [2.24, 2.45) is 0 Å². The first kappa shape index (κ1) is 13.8. The third-order valence-electron chi connectivity index (χ3n) is 3.04. The maximum atomic E-state index is 11.9. The van der Waals surface area contributed by atoms with Crippen molar-refractivity contribution in [1.82, 2.24) is 5.32 Å². The van der Waals surface area contributed by atoms with Crippen LogP contribution in [0.5, 0.6) is 0 Å². The number of rotatable bonds is 5. The molecule has 0 unspecified atom stereocenters. The van der Waals surface area contributed by atoms with Gasteiger partial charge in [0.2, 0.25) is 0 Å². The van der Waals surface area contributed by atoms with Gasteiger partial charge in [-0.05, 0) is 39.2 Å². The van der Waals surface area contributed by atoms with E-state index in [0.717, 1.165) is 25.7 Å². The van der Waals surface area contributed by atoms with E-state index in [-0.39, 0.29) is 19.1 Å². The van der Waals surface area contributed by atoms with E-state index in [9.17, 15) is 13.2 Å². The predicted molar refractivity (Wildman–Crippen MR) is 56.3 cm³/mol. The highest BCUT2D eigenvalue weighted by Gasteiger charge is 2.26. The lowest BCUT2D eigenvalue weighted by Crippen LogP contribution is -2.33. The van der Waals surface area contributed by atoms with Gasteiger partial charge in [-0.15, -0.1) is 0 Å². The van der Waals surface area contributed by atoms with Gasteiger partial charge in [-0.2, -0.15) is 13.2 Å². The molecule has 5 heteroatoms. The molecule has 16 heavy (non-hydrogen) atoms. The summed E-state index contributed by atoms with van der Waals surface area (Å²) in [6.07, 6.45) is -0.518. The summed E-state index contributed by atoms with van der Waals surface area (Å²) in [4.78, 5) is 0. The van der Waals surface area contributed by atoms with Crippen LogP contribution in [0, 0.1) is 0 Å². The molecule has 0 aromatic rings. The molecule has 0 atom stereocenters. The van der Waals surface area contributed by atoms with E-state index in [1.165, 1.54) is 0 Å². The highest BCUT2D eigenvalue weighted by molar-refractivity contribution is 4.76. The van der Waals surface area contributed by atoms with E-state index < -0.39 is 12.6 Å². The van der Waals surface area contributed by atoms with Crippen LogP contribution < -0.4 is 5.32 Å². The van der Waals surface area contributed by atoms with Crippen molar-refractivity contribution < 1.29 is 17.9 Å². The lowest BCUT2D eigenvalue weighted by Gasteiger charge is -2.28. The molecule has 0 heterocycles. The molecule has 0 aliphatic heterocycles. The minimum Gasteiger partial charge on any atom is -0.378 e. The molecule has 1 N–H and O–H groups in total. The molecule has 0 saturated heterocycles. The number of halogens is 3. The number of hydrogen-bond donors (Lipinski definition) is 1. The summed E-state index contributed by atoms with van der Waals surface area (Å²) in [7, 11) is 1.94. The number of nitrogens with one attached hydrogen (secondary N) is 1. The lowest BCUT2D eigenvalue weighted by molar-refractivity contribution is -0.139. The van der Waals surface area contributed by atoms with Crippen molar-refractivity contribution in [1.29, 1.82) is 0 Å². The Morgan fingerprint density at radius 1 is 1.19 bits per heavy atom. The van der Waals surface area contributed by atoms with Gasteiger partial charge in [-0.25, -0.2) is 0 Å². The molecule has 0 aromatic carbocycles. The Morgan fingerprint density at radius 2 is 1.81 bits per heavy atom. The van der Waals surface area contributed by atoms with E-state index >= 15 is 0 Å². The Morgan fingerprint density at radius 3 is 2.31 bits per heavy atom. The Hall–Kier alpha value is -0.290. The molecule has 0 spiro atoms. The summed E-state index contributed by atoms with van der Waals surface area (Å²) in [5.41, 5.74) is 0. The van der Waals surface area contributed by atoms with Gasteiger partial charge in [-0.3, -0.25) is 0 Å². The Balaban J connectivity index is 2.02. The zero-order valence-corrected chi connectivity index (χ0v) is 9.65. The standard InChI is InChI=1S/C11H20F3NO/c1-15-9-3-5-10(6-4-9)16-8-2-7-11(12,13)14/h9-10,15H,2-8H2,1H3. The fraction of sp³-hybridized carbons (Fsp3) is 1.00. The van der Waals surface area contributed by atoms with Gasteiger partial charge < -0.3 is 10.1 Å². The van der Waals surface area contributed by atoms with Gasteiger partial charge in [0.1, 0.15) is 0 Å². The van der Waals surface area contributed by atoms with Crippen LogP contribution in [-0.4, -0.2) is 32.0 Å². The molecular weight excluding hydrogens is 219 g/mol. The highest BCUT2D eigenvalue weighted by Crippen LogP contribution is 2.23. The molecule has 96 valence electrons. The van der Waals surface area contributed by atoms with Gasteiger partial charge in [-0.1, -0.05) is 0 Å². The zero-order valence-electron chi connectivity index (χ0n) is 9.65. The lowest BCUT2D eigenvalue weighted by atomic mass is 9.93. The Bertz CT molecular complexity index is 188. The van der Waals surface area contributed by atoms with E-state index in [4.69, 9.17) is 4.74 Å². The molecule has 1 aliphatic rings. The van der Waals surface area contributed by atoms with Gasteiger partial charge in [0.05, 0.1) is 6.10 Å². The summed E-state index contributed by atoms with van der Waals surface area (Å²) in [6, 6.07) is 0.551. The highest BCUT2D eigenvalue weighted by atomic mass is 19.4. The number of alkyl halides is 3. The third-order valence-corrected chi connectivity index (χ3v) is 3.04. The summed E-state index contributed by atoms with van der Waals surface area (Å²) < 4.78 is 41.0. The quantitative estimate of drug-likeness (QED) is 0.745. The monoisotopic (exact) mass is 239 g/mol. The van der Waals surface area contributed by atoms with Crippen LogP contribution >= 0.6 is 0 Å². The van der Waals surface area contributed by atoms with Gasteiger partial charge >= 0.3 is 6.18 Å². The van der Waals surface area contributed by atoms with Gasteiger partial charge in [0.25, 0.3) is 0 Å². The number of ether oxygens (including phenoxy) is 1. The summed E-state index contributed by atoms with van der Waals surface area (Å²) >= 11 is 0. The van der Waals surface area contributed by atoms with E-state index in [2.05, 4.69) is 5.32 Å². The van der Waals surface area contributed by atoms with Crippen molar-refractivity contribution >= 4 is 0 Å². The van der Waals surface area contributed by atoms with Crippen molar-refractivity contribution in [3.05, 3.63) is 0 Å². The second kappa shape index (κ2) is 6.45. The van der Waals surface area contributed by atoms with Crippen LogP contribution in [-0.2, 0) is 4.74 Å². The number of hydrogen-bond acceptors (Lipinski definition) is 2. The second-order valence-corrected chi connectivity index (χ2v) is 4.35. The first-order chi connectivity index (χ1) is 7.51. The molecule has 1 saturated carbocycles. The van der Waals surface area contributed by atoms with Crippen LogP contribution in [0.3, 0.4) is 0 Å². The zero-order chi connectivity index (χ0) is 12.0. The van der Waals surface area contributed by atoms with Crippen LogP contribution in [0.15, 0.2) is 0 Å². The molecule has 1 aliphatic carbocycles. The first-order valence-corrected chi connectivity index (χ1v) is 5.87. The van der Waals surface area contributed by atoms with Crippen LogP contribution in [0.2, 0.25) is 0 Å². The van der Waals surface area contributed by atoms with E-state index in [1.54, 1.807) is 0 Å². The molecule has 0 radical (unpaired) electrons. The molecule has 0 amide bonds. The van der Waals surface area contributed by atoms with Crippen LogP contribution in [0.25, 0.3) is 0 Å². The molecule has 0 bridgehead atoms. The van der Waals surface area contributed by atoms with Crippen molar-refractivity contribution in [2.75, 3.05) is 13.7 Å². The largest absolute Gasteiger partial charge is 0.389 e. The Kier molecular flexibility index (Phi) is 5.55. The fourth-order valence-electron chi connectivity index (χ4n) is 2.04. The van der Waals surface area contributed by atoms with Crippen molar-refractivity contribution in [3.8, 4) is 0 Å².